The Bertz CT molecular complexity index is 961. The molecular formula is C24H29N3O4. The summed E-state index contributed by atoms with van der Waals surface area (Å²) >= 11 is 0. The van der Waals surface area contributed by atoms with Gasteiger partial charge in [-0.05, 0) is 43.2 Å². The molecule has 2 aromatic carbocycles. The maximum absolute atomic E-state index is 12.6. The third-order valence-electron chi connectivity index (χ3n) is 5.74. The maximum Gasteiger partial charge on any atom is 0.407 e. The first-order valence-corrected chi connectivity index (χ1v) is 10.5. The minimum atomic E-state index is -0.543. The highest BCUT2D eigenvalue weighted by Gasteiger charge is 2.39. The molecule has 3 rings (SSSR count). The van der Waals surface area contributed by atoms with Crippen molar-refractivity contribution in [2.75, 3.05) is 11.4 Å². The van der Waals surface area contributed by atoms with E-state index in [0.717, 1.165) is 11.1 Å². The number of carbonyl (C=O) groups is 3. The summed E-state index contributed by atoms with van der Waals surface area (Å²) in [5.41, 5.74) is 2.79. The summed E-state index contributed by atoms with van der Waals surface area (Å²) in [5.74, 6) is -0.377. The monoisotopic (exact) mass is 423 g/mol. The number of nitrogens with one attached hydrogen (secondary N) is 2. The SMILES string of the molecule is CCNC(=O)c1ccc2c(c1)[C@H](NC(=O)OCc1ccccc1)[C@@H](C)[C@H](C)N2C(C)=O. The van der Waals surface area contributed by atoms with Crippen molar-refractivity contribution in [1.82, 2.24) is 10.6 Å². The van der Waals surface area contributed by atoms with E-state index in [0.29, 0.717) is 17.8 Å². The highest BCUT2D eigenvalue weighted by atomic mass is 16.5. The fourth-order valence-corrected chi connectivity index (χ4v) is 4.00. The minimum absolute atomic E-state index is 0.0866. The molecule has 2 N–H and O–H groups in total. The number of anilines is 1. The summed E-state index contributed by atoms with van der Waals surface area (Å²) in [6, 6.07) is 14.1. The van der Waals surface area contributed by atoms with E-state index in [2.05, 4.69) is 10.6 Å². The van der Waals surface area contributed by atoms with E-state index in [1.807, 2.05) is 51.1 Å². The molecule has 0 fully saturated rings. The maximum atomic E-state index is 12.6. The van der Waals surface area contributed by atoms with Crippen molar-refractivity contribution in [3.05, 3.63) is 65.2 Å². The lowest BCUT2D eigenvalue weighted by Gasteiger charge is -2.43. The molecule has 1 aliphatic rings. The van der Waals surface area contributed by atoms with Gasteiger partial charge in [-0.3, -0.25) is 9.59 Å². The van der Waals surface area contributed by atoms with Gasteiger partial charge in [-0.2, -0.15) is 0 Å². The molecule has 0 aromatic heterocycles. The Morgan fingerprint density at radius 2 is 1.77 bits per heavy atom. The van der Waals surface area contributed by atoms with E-state index < -0.39 is 12.1 Å². The number of fused-ring (bicyclic) bond motifs is 1. The molecule has 0 spiro atoms. The molecule has 0 bridgehead atoms. The Morgan fingerprint density at radius 3 is 2.42 bits per heavy atom. The second-order valence-corrected chi connectivity index (χ2v) is 7.81. The number of ether oxygens (including phenoxy) is 1. The lowest BCUT2D eigenvalue weighted by molar-refractivity contribution is -0.117. The molecule has 3 amide bonds. The van der Waals surface area contributed by atoms with Gasteiger partial charge < -0.3 is 20.3 Å². The van der Waals surface area contributed by atoms with Gasteiger partial charge in [0.05, 0.1) is 6.04 Å². The summed E-state index contributed by atoms with van der Waals surface area (Å²) in [5, 5.41) is 5.74. The van der Waals surface area contributed by atoms with Crippen LogP contribution in [0.15, 0.2) is 48.5 Å². The predicted molar refractivity (Wildman–Crippen MR) is 119 cm³/mol. The molecule has 164 valence electrons. The highest BCUT2D eigenvalue weighted by Crippen LogP contribution is 2.41. The zero-order chi connectivity index (χ0) is 22.5. The molecule has 0 radical (unpaired) electrons. The average molecular weight is 424 g/mol. The summed E-state index contributed by atoms with van der Waals surface area (Å²) < 4.78 is 5.41. The molecule has 7 nitrogen and oxygen atoms in total. The smallest absolute Gasteiger partial charge is 0.407 e. The summed E-state index contributed by atoms with van der Waals surface area (Å²) in [7, 11) is 0. The largest absolute Gasteiger partial charge is 0.445 e. The lowest BCUT2D eigenvalue weighted by atomic mass is 9.82. The third kappa shape index (κ3) is 4.87. The molecule has 0 aliphatic carbocycles. The molecule has 0 unspecified atom stereocenters. The first-order valence-electron chi connectivity index (χ1n) is 10.5. The Hall–Kier alpha value is -3.35. The van der Waals surface area contributed by atoms with Gasteiger partial charge in [-0.15, -0.1) is 0 Å². The van der Waals surface area contributed by atoms with Crippen LogP contribution < -0.4 is 15.5 Å². The fourth-order valence-electron chi connectivity index (χ4n) is 4.00. The van der Waals surface area contributed by atoms with Crippen LogP contribution >= 0.6 is 0 Å². The van der Waals surface area contributed by atoms with Crippen molar-refractivity contribution >= 4 is 23.6 Å². The number of nitrogens with zero attached hydrogens (tertiary/aromatic N) is 1. The number of amides is 3. The summed E-state index contributed by atoms with van der Waals surface area (Å²) in [4.78, 5) is 39.0. The van der Waals surface area contributed by atoms with Crippen LogP contribution in [0.25, 0.3) is 0 Å². The van der Waals surface area contributed by atoms with Gasteiger partial charge >= 0.3 is 6.09 Å². The van der Waals surface area contributed by atoms with Gasteiger partial charge in [0.15, 0.2) is 0 Å². The Kier molecular flexibility index (Phi) is 6.95. The molecule has 0 saturated carbocycles. The predicted octanol–water partition coefficient (Wildman–Crippen LogP) is 3.79. The number of carbonyl (C=O) groups excluding carboxylic acids is 3. The normalized spacial score (nSPS) is 19.9. The van der Waals surface area contributed by atoms with Crippen molar-refractivity contribution in [2.45, 2.75) is 46.4 Å². The van der Waals surface area contributed by atoms with Crippen molar-refractivity contribution in [1.29, 1.82) is 0 Å². The van der Waals surface area contributed by atoms with E-state index in [4.69, 9.17) is 4.74 Å². The minimum Gasteiger partial charge on any atom is -0.445 e. The van der Waals surface area contributed by atoms with Crippen LogP contribution in [0.1, 0.15) is 55.2 Å². The Labute approximate surface area is 182 Å². The van der Waals surface area contributed by atoms with Crippen LogP contribution in [0.2, 0.25) is 0 Å². The molecular weight excluding hydrogens is 394 g/mol. The van der Waals surface area contributed by atoms with Gasteiger partial charge in [0.1, 0.15) is 6.61 Å². The van der Waals surface area contributed by atoms with Crippen molar-refractivity contribution in [2.24, 2.45) is 5.92 Å². The van der Waals surface area contributed by atoms with Crippen molar-refractivity contribution in [3.8, 4) is 0 Å². The summed E-state index contributed by atoms with van der Waals surface area (Å²) in [6.07, 6.45) is -0.543. The Morgan fingerprint density at radius 1 is 1.06 bits per heavy atom. The van der Waals surface area contributed by atoms with Crippen LogP contribution in [0.5, 0.6) is 0 Å². The number of hydrogen-bond donors (Lipinski definition) is 2. The van der Waals surface area contributed by atoms with E-state index in [-0.39, 0.29) is 30.4 Å². The van der Waals surface area contributed by atoms with Crippen LogP contribution in [0, 0.1) is 5.92 Å². The number of rotatable bonds is 5. The molecule has 3 atom stereocenters. The molecule has 2 aromatic rings. The van der Waals surface area contributed by atoms with Gasteiger partial charge in [0, 0.05) is 36.7 Å². The number of alkyl carbamates (subject to hydrolysis) is 1. The van der Waals surface area contributed by atoms with E-state index in [9.17, 15) is 14.4 Å². The zero-order valence-corrected chi connectivity index (χ0v) is 18.3. The molecule has 1 aliphatic heterocycles. The Balaban J connectivity index is 1.89. The quantitative estimate of drug-likeness (QED) is 0.766. The highest BCUT2D eigenvalue weighted by molar-refractivity contribution is 5.98. The van der Waals surface area contributed by atoms with Crippen molar-refractivity contribution < 1.29 is 19.1 Å². The molecule has 0 saturated heterocycles. The average Bonchev–Trinajstić information content (AvgIpc) is 2.76. The second-order valence-electron chi connectivity index (χ2n) is 7.81. The third-order valence-corrected chi connectivity index (χ3v) is 5.74. The number of benzene rings is 2. The van der Waals surface area contributed by atoms with E-state index in [1.54, 1.807) is 23.1 Å². The molecule has 31 heavy (non-hydrogen) atoms. The fraction of sp³-hybridized carbons (Fsp3) is 0.375. The number of hydrogen-bond acceptors (Lipinski definition) is 4. The summed E-state index contributed by atoms with van der Waals surface area (Å²) in [6.45, 7) is 7.98. The van der Waals surface area contributed by atoms with E-state index >= 15 is 0 Å². The second kappa shape index (κ2) is 9.64. The molecule has 1 heterocycles. The van der Waals surface area contributed by atoms with Crippen LogP contribution in [-0.2, 0) is 16.1 Å². The van der Waals surface area contributed by atoms with Gasteiger partial charge in [-0.25, -0.2) is 4.79 Å². The first-order chi connectivity index (χ1) is 14.8. The standard InChI is InChI=1S/C24H29N3O4/c1-5-25-23(29)19-11-12-21-20(13-19)22(15(2)16(3)27(21)17(4)28)26-24(30)31-14-18-9-7-6-8-10-18/h6-13,15-16,22H,5,14H2,1-4H3,(H,25,29)(H,26,30)/t15-,16-,22+/m0/s1. The first kappa shape index (κ1) is 22.3. The van der Waals surface area contributed by atoms with Gasteiger partial charge in [0.2, 0.25) is 5.91 Å². The van der Waals surface area contributed by atoms with Gasteiger partial charge in [-0.1, -0.05) is 37.3 Å². The van der Waals surface area contributed by atoms with Crippen molar-refractivity contribution in [3.63, 3.8) is 0 Å². The van der Waals surface area contributed by atoms with E-state index in [1.165, 1.54) is 6.92 Å². The van der Waals surface area contributed by atoms with Gasteiger partial charge in [0.25, 0.3) is 5.91 Å². The topological polar surface area (TPSA) is 87.7 Å². The van der Waals surface area contributed by atoms with Crippen LogP contribution in [-0.4, -0.2) is 30.5 Å². The lowest BCUT2D eigenvalue weighted by Crippen LogP contribution is -2.50. The van der Waals surface area contributed by atoms with Crippen LogP contribution in [0.3, 0.4) is 0 Å². The van der Waals surface area contributed by atoms with Crippen LogP contribution in [0.4, 0.5) is 10.5 Å². The zero-order valence-electron chi connectivity index (χ0n) is 18.3. The molecule has 7 heteroatoms.